The first-order chi connectivity index (χ1) is 34.7. The highest BCUT2D eigenvalue weighted by molar-refractivity contribution is 7.26. The van der Waals surface area contributed by atoms with Crippen LogP contribution < -0.4 is 4.90 Å². The van der Waals surface area contributed by atoms with Gasteiger partial charge in [-0.2, -0.15) is 0 Å². The van der Waals surface area contributed by atoms with Crippen molar-refractivity contribution in [3.8, 4) is 44.5 Å². The molecule has 0 aliphatic heterocycles. The van der Waals surface area contributed by atoms with Crippen molar-refractivity contribution >= 4 is 80.1 Å². The SMILES string of the molecule is c1ccc(-c2cccc(C3(c4cccc(N(c5ccc6sc7cccc(-c8ccccc8)c7c6c5)c5cccc6sc7ccc(-c8ccccc8)cc7c56)c4)c4ccccc4-c4ccccc43)c2)cc1. The summed E-state index contributed by atoms with van der Waals surface area (Å²) in [6.07, 6.45) is 0. The summed E-state index contributed by atoms with van der Waals surface area (Å²) < 4.78 is 5.11. The molecule has 0 amide bonds. The second-order valence-corrected chi connectivity index (χ2v) is 20.5. The second-order valence-electron chi connectivity index (χ2n) is 18.3. The number of anilines is 3. The Morgan fingerprint density at radius 2 is 0.771 bits per heavy atom. The fourth-order valence-corrected chi connectivity index (χ4v) is 13.7. The molecule has 1 nitrogen and oxygen atoms in total. The van der Waals surface area contributed by atoms with E-state index < -0.39 is 5.41 Å². The van der Waals surface area contributed by atoms with Gasteiger partial charge in [-0.25, -0.2) is 0 Å². The van der Waals surface area contributed by atoms with Gasteiger partial charge in [0.1, 0.15) is 0 Å². The number of hydrogen-bond donors (Lipinski definition) is 0. The Kier molecular flexibility index (Phi) is 9.55. The smallest absolute Gasteiger partial charge is 0.0714 e. The van der Waals surface area contributed by atoms with Crippen LogP contribution in [0, 0.1) is 0 Å². The van der Waals surface area contributed by atoms with Gasteiger partial charge in [0.15, 0.2) is 0 Å². The fraction of sp³-hybridized carbons (Fsp3) is 0.0149. The molecule has 11 aromatic carbocycles. The summed E-state index contributed by atoms with van der Waals surface area (Å²) in [7, 11) is 0. The maximum absolute atomic E-state index is 2.54. The zero-order valence-electron chi connectivity index (χ0n) is 38.1. The molecule has 0 unspecified atom stereocenters. The number of thiophene rings is 2. The highest BCUT2D eigenvalue weighted by atomic mass is 32.1. The number of rotatable bonds is 8. The molecule has 0 atom stereocenters. The first-order valence-corrected chi connectivity index (χ1v) is 25.6. The van der Waals surface area contributed by atoms with E-state index in [2.05, 4.69) is 266 Å². The lowest BCUT2D eigenvalue weighted by molar-refractivity contribution is 0.769. The van der Waals surface area contributed by atoms with Crippen LogP contribution in [0.1, 0.15) is 22.3 Å². The molecule has 2 heterocycles. The lowest BCUT2D eigenvalue weighted by Gasteiger charge is -2.35. The Morgan fingerprint density at radius 1 is 0.286 bits per heavy atom. The van der Waals surface area contributed by atoms with Crippen LogP contribution in [0.3, 0.4) is 0 Å². The monoisotopic (exact) mass is 925 g/mol. The average Bonchev–Trinajstić information content (AvgIpc) is 4.10. The second kappa shape index (κ2) is 16.4. The number of benzene rings is 11. The van der Waals surface area contributed by atoms with Gasteiger partial charge in [0.25, 0.3) is 0 Å². The number of fused-ring (bicyclic) bond motifs is 9. The maximum Gasteiger partial charge on any atom is 0.0714 e. The summed E-state index contributed by atoms with van der Waals surface area (Å²) in [4.78, 5) is 2.54. The largest absolute Gasteiger partial charge is 0.310 e. The van der Waals surface area contributed by atoms with Gasteiger partial charge < -0.3 is 4.90 Å². The lowest BCUT2D eigenvalue weighted by Crippen LogP contribution is -2.29. The van der Waals surface area contributed by atoms with Crippen LogP contribution >= 0.6 is 22.7 Å². The van der Waals surface area contributed by atoms with Gasteiger partial charge >= 0.3 is 0 Å². The standard InChI is InChI=1S/C67H43NS2/c1-4-18-44(19-5-1)47-24-14-25-49(40-47)67(58-31-12-10-28-54(58)55-29-11-13-32-59(55)67)50-26-15-27-51(42-50)68(52-37-39-62-57(43-52)65-53(30-16-34-63(65)69-62)46-22-8-3-9-23-46)60-33-17-35-64-66(60)56-41-48(36-38-61(56)70-64)45-20-6-2-7-21-45/h1-43H. The van der Waals surface area contributed by atoms with Crippen LogP contribution in [0.2, 0.25) is 0 Å². The molecule has 1 aliphatic rings. The van der Waals surface area contributed by atoms with E-state index in [4.69, 9.17) is 0 Å². The predicted octanol–water partition coefficient (Wildman–Crippen LogP) is 19.3. The van der Waals surface area contributed by atoms with E-state index in [0.29, 0.717) is 0 Å². The molecule has 0 bridgehead atoms. The molecule has 0 saturated carbocycles. The lowest BCUT2D eigenvalue weighted by atomic mass is 9.67. The summed E-state index contributed by atoms with van der Waals surface area (Å²) in [5.41, 5.74) is 17.7. The zero-order valence-corrected chi connectivity index (χ0v) is 39.7. The Hall–Kier alpha value is -8.34. The molecule has 13 aromatic rings. The molecule has 0 fully saturated rings. The molecular weight excluding hydrogens is 883 g/mol. The van der Waals surface area contributed by atoms with E-state index in [-0.39, 0.29) is 0 Å². The Balaban J connectivity index is 1.05. The average molecular weight is 926 g/mol. The molecule has 14 rings (SSSR count). The van der Waals surface area contributed by atoms with Crippen LogP contribution in [0.5, 0.6) is 0 Å². The molecule has 1 aliphatic carbocycles. The Labute approximate surface area is 415 Å². The Morgan fingerprint density at radius 3 is 1.46 bits per heavy atom. The van der Waals surface area contributed by atoms with Crippen LogP contribution in [-0.2, 0) is 5.41 Å². The van der Waals surface area contributed by atoms with Crippen molar-refractivity contribution in [2.24, 2.45) is 0 Å². The molecule has 0 radical (unpaired) electrons. The number of nitrogens with zero attached hydrogens (tertiary/aromatic N) is 1. The van der Waals surface area contributed by atoms with Gasteiger partial charge in [-0.05, 0) is 133 Å². The molecule has 0 saturated heterocycles. The van der Waals surface area contributed by atoms with E-state index in [1.165, 1.54) is 107 Å². The summed E-state index contributed by atoms with van der Waals surface area (Å²) in [5, 5.41) is 5.08. The van der Waals surface area contributed by atoms with E-state index in [9.17, 15) is 0 Å². The van der Waals surface area contributed by atoms with Crippen molar-refractivity contribution in [3.05, 3.63) is 283 Å². The van der Waals surface area contributed by atoms with Crippen LogP contribution in [0.25, 0.3) is 84.9 Å². The molecule has 0 spiro atoms. The third-order valence-electron chi connectivity index (χ3n) is 14.5. The van der Waals surface area contributed by atoms with Crippen molar-refractivity contribution in [1.82, 2.24) is 0 Å². The maximum atomic E-state index is 2.54. The summed E-state index contributed by atoms with van der Waals surface area (Å²) in [6, 6.07) is 97.1. The Bertz CT molecular complexity index is 4080. The van der Waals surface area contributed by atoms with Gasteiger partial charge in [0.05, 0.1) is 11.1 Å². The van der Waals surface area contributed by atoms with Crippen molar-refractivity contribution in [2.45, 2.75) is 5.41 Å². The van der Waals surface area contributed by atoms with E-state index in [1.807, 2.05) is 22.7 Å². The normalized spacial score (nSPS) is 12.7. The van der Waals surface area contributed by atoms with Gasteiger partial charge in [0, 0.05) is 51.7 Å². The number of hydrogen-bond acceptors (Lipinski definition) is 3. The summed E-state index contributed by atoms with van der Waals surface area (Å²) in [6.45, 7) is 0. The van der Waals surface area contributed by atoms with E-state index >= 15 is 0 Å². The van der Waals surface area contributed by atoms with Crippen molar-refractivity contribution < 1.29 is 0 Å². The van der Waals surface area contributed by atoms with E-state index in [1.54, 1.807) is 0 Å². The summed E-state index contributed by atoms with van der Waals surface area (Å²) >= 11 is 3.75. The quantitative estimate of drug-likeness (QED) is 0.147. The molecule has 328 valence electrons. The summed E-state index contributed by atoms with van der Waals surface area (Å²) in [5.74, 6) is 0. The minimum atomic E-state index is -0.608. The van der Waals surface area contributed by atoms with Crippen LogP contribution in [0.4, 0.5) is 17.1 Å². The molecule has 70 heavy (non-hydrogen) atoms. The minimum absolute atomic E-state index is 0.608. The highest BCUT2D eigenvalue weighted by Crippen LogP contribution is 2.57. The van der Waals surface area contributed by atoms with Gasteiger partial charge in [0.2, 0.25) is 0 Å². The first-order valence-electron chi connectivity index (χ1n) is 24.0. The molecular formula is C67H43NS2. The van der Waals surface area contributed by atoms with E-state index in [0.717, 1.165) is 17.1 Å². The highest BCUT2D eigenvalue weighted by Gasteiger charge is 2.46. The molecule has 0 N–H and O–H groups in total. The fourth-order valence-electron chi connectivity index (χ4n) is 11.5. The molecule has 3 heteroatoms. The predicted molar refractivity (Wildman–Crippen MR) is 301 cm³/mol. The zero-order chi connectivity index (χ0) is 46.2. The van der Waals surface area contributed by atoms with Crippen LogP contribution in [0.15, 0.2) is 261 Å². The van der Waals surface area contributed by atoms with Crippen molar-refractivity contribution in [3.63, 3.8) is 0 Å². The first kappa shape index (κ1) is 40.7. The van der Waals surface area contributed by atoms with Crippen molar-refractivity contribution in [1.29, 1.82) is 0 Å². The van der Waals surface area contributed by atoms with Gasteiger partial charge in [-0.15, -0.1) is 22.7 Å². The van der Waals surface area contributed by atoms with Crippen molar-refractivity contribution in [2.75, 3.05) is 4.90 Å². The third-order valence-corrected chi connectivity index (χ3v) is 16.8. The third kappa shape index (κ3) is 6.36. The molecule has 2 aromatic heterocycles. The minimum Gasteiger partial charge on any atom is -0.310 e. The van der Waals surface area contributed by atoms with Crippen LogP contribution in [-0.4, -0.2) is 0 Å². The van der Waals surface area contributed by atoms with Gasteiger partial charge in [-0.1, -0.05) is 194 Å². The van der Waals surface area contributed by atoms with Gasteiger partial charge in [-0.3, -0.25) is 0 Å². The topological polar surface area (TPSA) is 3.24 Å².